The van der Waals surface area contributed by atoms with Crippen molar-refractivity contribution in [3.05, 3.63) is 35.4 Å². The molecule has 0 bridgehead atoms. The van der Waals surface area contributed by atoms with Gasteiger partial charge in [-0.15, -0.1) is 0 Å². The molecule has 0 atom stereocenters. The second-order valence-corrected chi connectivity index (χ2v) is 1.87. The third kappa shape index (κ3) is 1.21. The summed E-state index contributed by atoms with van der Waals surface area (Å²) in [7, 11) is 0. The molecule has 0 aliphatic rings. The van der Waals surface area contributed by atoms with Crippen molar-refractivity contribution >= 4 is 11.9 Å². The molecule has 0 fully saturated rings. The Morgan fingerprint density at radius 2 is 2.10 bits per heavy atom. The highest BCUT2D eigenvalue weighted by Gasteiger charge is 1.94. The van der Waals surface area contributed by atoms with Crippen LogP contribution in [0.25, 0.3) is 5.53 Å². The summed E-state index contributed by atoms with van der Waals surface area (Å²) in [5, 5.41) is 0. The van der Waals surface area contributed by atoms with Crippen molar-refractivity contribution < 1.29 is 4.79 Å². The lowest BCUT2D eigenvalue weighted by molar-refractivity contribution is 0.00462. The first-order valence-corrected chi connectivity index (χ1v) is 2.86. The number of nitrogen functional groups attached to an aromatic ring is 1. The molecule has 3 heteroatoms. The van der Waals surface area contributed by atoms with E-state index in [0.29, 0.717) is 5.69 Å². The van der Waals surface area contributed by atoms with E-state index < -0.39 is 0 Å². The van der Waals surface area contributed by atoms with Gasteiger partial charge >= 0.3 is 0 Å². The van der Waals surface area contributed by atoms with Crippen LogP contribution in [-0.2, 0) is 0 Å². The van der Waals surface area contributed by atoms with Crippen molar-refractivity contribution in [2.75, 3.05) is 5.73 Å². The lowest BCUT2D eigenvalue weighted by Gasteiger charge is -1.91. The first kappa shape index (κ1) is 6.52. The monoisotopic (exact) mass is 133 g/mol. The SMILES string of the molecule is [N-]=[N+]=Cc1ccccc1N. The molecule has 0 aliphatic carbocycles. The van der Waals surface area contributed by atoms with E-state index in [1.54, 1.807) is 12.1 Å². The van der Waals surface area contributed by atoms with E-state index in [2.05, 4.69) is 4.79 Å². The van der Waals surface area contributed by atoms with E-state index in [1.807, 2.05) is 12.1 Å². The minimum absolute atomic E-state index is 0.611. The van der Waals surface area contributed by atoms with Gasteiger partial charge in [-0.1, -0.05) is 12.1 Å². The number of hydrogen-bond donors (Lipinski definition) is 1. The predicted molar refractivity (Wildman–Crippen MR) is 39.6 cm³/mol. The molecule has 2 N–H and O–H groups in total. The van der Waals surface area contributed by atoms with E-state index >= 15 is 0 Å². The number of nitrogens with two attached hydrogens (primary N) is 1. The van der Waals surface area contributed by atoms with E-state index in [0.717, 1.165) is 5.56 Å². The van der Waals surface area contributed by atoms with Gasteiger partial charge < -0.3 is 11.3 Å². The molecular weight excluding hydrogens is 126 g/mol. The molecule has 1 rings (SSSR count). The summed E-state index contributed by atoms with van der Waals surface area (Å²) >= 11 is 0. The van der Waals surface area contributed by atoms with Gasteiger partial charge in [0, 0.05) is 5.69 Å². The largest absolute Gasteiger partial charge is 0.398 e. The molecule has 0 amide bonds. The van der Waals surface area contributed by atoms with Gasteiger partial charge in [0.1, 0.15) is 0 Å². The van der Waals surface area contributed by atoms with Crippen LogP contribution < -0.4 is 5.73 Å². The van der Waals surface area contributed by atoms with Crippen molar-refractivity contribution in [1.29, 1.82) is 0 Å². The Hall–Kier alpha value is -1.60. The highest BCUT2D eigenvalue weighted by Crippen LogP contribution is 2.05. The van der Waals surface area contributed by atoms with Gasteiger partial charge in [0.2, 0.25) is 0 Å². The Balaban J connectivity index is 3.14. The molecule has 10 heavy (non-hydrogen) atoms. The van der Waals surface area contributed by atoms with Gasteiger partial charge in [0.15, 0.2) is 0 Å². The van der Waals surface area contributed by atoms with E-state index in [9.17, 15) is 0 Å². The Kier molecular flexibility index (Phi) is 1.83. The fraction of sp³-hybridized carbons (Fsp3) is 0. The zero-order valence-electron chi connectivity index (χ0n) is 5.36. The molecule has 0 aliphatic heterocycles. The molecule has 0 radical (unpaired) electrons. The molecule has 0 saturated carbocycles. The van der Waals surface area contributed by atoms with Gasteiger partial charge in [-0.2, -0.15) is 4.79 Å². The molecule has 0 spiro atoms. The third-order valence-corrected chi connectivity index (χ3v) is 1.19. The van der Waals surface area contributed by atoms with Crippen LogP contribution in [0.1, 0.15) is 5.56 Å². The van der Waals surface area contributed by atoms with Gasteiger partial charge in [-0.25, -0.2) is 0 Å². The lowest BCUT2D eigenvalue weighted by Crippen LogP contribution is -1.91. The van der Waals surface area contributed by atoms with Gasteiger partial charge in [0.05, 0.1) is 5.56 Å². The third-order valence-electron chi connectivity index (χ3n) is 1.19. The number of anilines is 1. The standard InChI is InChI=1S/C7H7N3/c8-7-4-2-1-3-6(7)5-10-9/h1-5H,8H2. The fourth-order valence-corrected chi connectivity index (χ4v) is 0.691. The normalized spacial score (nSPS) is 8.40. The maximum Gasteiger partial charge on any atom is 0.289 e. The maximum atomic E-state index is 8.16. The van der Waals surface area contributed by atoms with Crippen molar-refractivity contribution in [3.8, 4) is 0 Å². The predicted octanol–water partition coefficient (Wildman–Crippen LogP) is 0.917. The molecule has 0 aromatic heterocycles. The average molecular weight is 133 g/mol. The average Bonchev–Trinajstić information content (AvgIpc) is 1.94. The summed E-state index contributed by atoms with van der Waals surface area (Å²) in [4.78, 5) is 2.86. The molecular formula is C7H7N3. The summed E-state index contributed by atoms with van der Waals surface area (Å²) < 4.78 is 0. The summed E-state index contributed by atoms with van der Waals surface area (Å²) in [5.41, 5.74) is 15.0. The molecule has 0 heterocycles. The first-order chi connectivity index (χ1) is 4.84. The van der Waals surface area contributed by atoms with E-state index in [1.165, 1.54) is 6.21 Å². The zero-order chi connectivity index (χ0) is 7.40. The van der Waals surface area contributed by atoms with Crippen LogP contribution in [0.5, 0.6) is 0 Å². The quantitative estimate of drug-likeness (QED) is 0.263. The molecule has 0 unspecified atom stereocenters. The van der Waals surface area contributed by atoms with Crippen LogP contribution >= 0.6 is 0 Å². The van der Waals surface area contributed by atoms with E-state index in [4.69, 9.17) is 11.3 Å². The van der Waals surface area contributed by atoms with Crippen LogP contribution in [0.4, 0.5) is 5.69 Å². The Bertz CT molecular complexity index is 274. The number of nitrogens with zero attached hydrogens (tertiary/aromatic N) is 2. The molecule has 3 nitrogen and oxygen atoms in total. The number of para-hydroxylation sites is 1. The van der Waals surface area contributed by atoms with Crippen LogP contribution in [0.3, 0.4) is 0 Å². The zero-order valence-corrected chi connectivity index (χ0v) is 5.36. The Morgan fingerprint density at radius 3 is 2.70 bits per heavy atom. The van der Waals surface area contributed by atoms with Gasteiger partial charge in [0.25, 0.3) is 6.21 Å². The molecule has 50 valence electrons. The van der Waals surface area contributed by atoms with Crippen LogP contribution in [-0.4, -0.2) is 11.0 Å². The summed E-state index contributed by atoms with van der Waals surface area (Å²) in [5.74, 6) is 0. The number of hydrogen-bond acceptors (Lipinski definition) is 1. The summed E-state index contributed by atoms with van der Waals surface area (Å²) in [6, 6.07) is 7.17. The minimum atomic E-state index is 0.611. The van der Waals surface area contributed by atoms with Crippen LogP contribution in [0, 0.1) is 0 Å². The van der Waals surface area contributed by atoms with Gasteiger partial charge in [-0.05, 0) is 12.1 Å². The number of rotatable bonds is 1. The second-order valence-electron chi connectivity index (χ2n) is 1.87. The summed E-state index contributed by atoms with van der Waals surface area (Å²) in [6.45, 7) is 0. The molecule has 1 aromatic carbocycles. The van der Waals surface area contributed by atoms with Crippen molar-refractivity contribution in [1.82, 2.24) is 0 Å². The highest BCUT2D eigenvalue weighted by atomic mass is 14.8. The maximum absolute atomic E-state index is 8.16. The molecule has 0 saturated heterocycles. The van der Waals surface area contributed by atoms with Crippen LogP contribution in [0.15, 0.2) is 24.3 Å². The van der Waals surface area contributed by atoms with E-state index in [-0.39, 0.29) is 0 Å². The minimum Gasteiger partial charge on any atom is -0.398 e. The highest BCUT2D eigenvalue weighted by molar-refractivity contribution is 5.82. The van der Waals surface area contributed by atoms with Gasteiger partial charge in [-0.3, -0.25) is 0 Å². The van der Waals surface area contributed by atoms with Crippen molar-refractivity contribution in [3.63, 3.8) is 0 Å². The van der Waals surface area contributed by atoms with Crippen molar-refractivity contribution in [2.45, 2.75) is 0 Å². The second kappa shape index (κ2) is 2.80. The lowest BCUT2D eigenvalue weighted by atomic mass is 10.2. The summed E-state index contributed by atoms with van der Waals surface area (Å²) in [6.07, 6.45) is 1.30. The topological polar surface area (TPSA) is 62.4 Å². The smallest absolute Gasteiger partial charge is 0.289 e. The Labute approximate surface area is 58.7 Å². The van der Waals surface area contributed by atoms with Crippen LogP contribution in [0.2, 0.25) is 0 Å². The number of benzene rings is 1. The molecule has 1 aromatic rings. The van der Waals surface area contributed by atoms with Crippen molar-refractivity contribution in [2.24, 2.45) is 0 Å². The Morgan fingerprint density at radius 1 is 1.40 bits per heavy atom. The first-order valence-electron chi connectivity index (χ1n) is 2.86. The fourth-order valence-electron chi connectivity index (χ4n) is 0.691.